The van der Waals surface area contributed by atoms with Crippen LogP contribution in [-0.4, -0.2) is 11.0 Å². The molecular weight excluding hydrogens is 328 g/mol. The van der Waals surface area contributed by atoms with Crippen LogP contribution in [0.5, 0.6) is 5.75 Å². The van der Waals surface area contributed by atoms with E-state index in [1.165, 1.54) is 0 Å². The quantitative estimate of drug-likeness (QED) is 0.915. The first-order chi connectivity index (χ1) is 9.08. The van der Waals surface area contributed by atoms with E-state index in [1.54, 1.807) is 18.5 Å². The van der Waals surface area contributed by atoms with Crippen molar-refractivity contribution in [1.29, 1.82) is 0 Å². The second-order valence-electron chi connectivity index (χ2n) is 4.26. The number of rotatable bonds is 4. The topological polar surface area (TPSA) is 48.1 Å². The van der Waals surface area contributed by atoms with Gasteiger partial charge in [0.2, 0.25) is 0 Å². The summed E-state index contributed by atoms with van der Waals surface area (Å²) >= 11 is 9.53. The van der Waals surface area contributed by atoms with Gasteiger partial charge in [-0.25, -0.2) is 0 Å². The van der Waals surface area contributed by atoms with Crippen LogP contribution < -0.4 is 10.5 Å². The third kappa shape index (κ3) is 3.69. The van der Waals surface area contributed by atoms with E-state index in [-0.39, 0.29) is 12.1 Å². The molecule has 2 N–H and O–H groups in total. The van der Waals surface area contributed by atoms with Crippen molar-refractivity contribution in [1.82, 2.24) is 4.98 Å². The zero-order valence-electron chi connectivity index (χ0n) is 10.4. The van der Waals surface area contributed by atoms with E-state index in [2.05, 4.69) is 20.9 Å². The fourth-order valence-corrected chi connectivity index (χ4v) is 2.23. The molecule has 2 unspecified atom stereocenters. The zero-order valence-corrected chi connectivity index (χ0v) is 12.7. The van der Waals surface area contributed by atoms with Crippen LogP contribution in [0.4, 0.5) is 0 Å². The van der Waals surface area contributed by atoms with Crippen LogP contribution >= 0.6 is 27.5 Å². The molecule has 0 bridgehead atoms. The molecule has 100 valence electrons. The number of halogens is 2. The van der Waals surface area contributed by atoms with Crippen molar-refractivity contribution in [2.75, 3.05) is 0 Å². The van der Waals surface area contributed by atoms with Crippen molar-refractivity contribution in [2.45, 2.75) is 19.1 Å². The number of ether oxygens (including phenoxy) is 1. The molecule has 1 aromatic carbocycles. The number of nitrogens with zero attached hydrogens (tertiary/aromatic N) is 1. The second kappa shape index (κ2) is 6.37. The summed E-state index contributed by atoms with van der Waals surface area (Å²) in [7, 11) is 0. The van der Waals surface area contributed by atoms with Gasteiger partial charge in [0.1, 0.15) is 11.9 Å². The molecule has 0 spiro atoms. The first kappa shape index (κ1) is 14.3. The normalized spacial score (nSPS) is 13.9. The summed E-state index contributed by atoms with van der Waals surface area (Å²) in [6.07, 6.45) is 3.17. The molecule has 0 radical (unpaired) electrons. The molecule has 0 amide bonds. The van der Waals surface area contributed by atoms with Crippen molar-refractivity contribution >= 4 is 27.5 Å². The highest BCUT2D eigenvalue weighted by atomic mass is 79.9. The Kier molecular flexibility index (Phi) is 4.80. The second-order valence-corrected chi connectivity index (χ2v) is 5.58. The third-order valence-corrected chi connectivity index (χ3v) is 3.44. The van der Waals surface area contributed by atoms with Crippen molar-refractivity contribution in [3.63, 3.8) is 0 Å². The van der Waals surface area contributed by atoms with Gasteiger partial charge in [0, 0.05) is 28.5 Å². The molecule has 2 rings (SSSR count). The smallest absolute Gasteiger partial charge is 0.140 e. The molecule has 0 aliphatic rings. The summed E-state index contributed by atoms with van der Waals surface area (Å²) < 4.78 is 6.85. The van der Waals surface area contributed by atoms with Crippen molar-refractivity contribution in [2.24, 2.45) is 5.73 Å². The Morgan fingerprint density at radius 3 is 2.79 bits per heavy atom. The molecule has 19 heavy (non-hydrogen) atoms. The van der Waals surface area contributed by atoms with E-state index in [1.807, 2.05) is 31.2 Å². The molecule has 1 aromatic heterocycles. The summed E-state index contributed by atoms with van der Waals surface area (Å²) in [5.41, 5.74) is 6.92. The summed E-state index contributed by atoms with van der Waals surface area (Å²) in [4.78, 5) is 4.09. The fourth-order valence-electron chi connectivity index (χ4n) is 1.73. The van der Waals surface area contributed by atoms with Gasteiger partial charge < -0.3 is 10.5 Å². The summed E-state index contributed by atoms with van der Waals surface area (Å²) in [6.45, 7) is 1.89. The van der Waals surface area contributed by atoms with Crippen LogP contribution in [0.2, 0.25) is 5.02 Å². The van der Waals surface area contributed by atoms with Gasteiger partial charge in [-0.05, 0) is 31.2 Å². The molecule has 0 fully saturated rings. The SMILES string of the molecule is CC(N)C(Oc1cc(Br)ccc1Cl)c1cccnc1. The van der Waals surface area contributed by atoms with Crippen LogP contribution in [-0.2, 0) is 0 Å². The first-order valence-corrected chi connectivity index (χ1v) is 7.02. The number of nitrogens with two attached hydrogens (primary N) is 1. The maximum atomic E-state index is 6.13. The van der Waals surface area contributed by atoms with Crippen LogP contribution in [0, 0.1) is 0 Å². The Morgan fingerprint density at radius 1 is 1.37 bits per heavy atom. The molecule has 3 nitrogen and oxygen atoms in total. The van der Waals surface area contributed by atoms with Crippen LogP contribution in [0.1, 0.15) is 18.6 Å². The first-order valence-electron chi connectivity index (χ1n) is 5.85. The molecule has 0 aliphatic carbocycles. The summed E-state index contributed by atoms with van der Waals surface area (Å²) in [5.74, 6) is 0.599. The maximum Gasteiger partial charge on any atom is 0.140 e. The van der Waals surface area contributed by atoms with Gasteiger partial charge in [-0.3, -0.25) is 4.98 Å². The number of aromatic nitrogens is 1. The molecule has 0 saturated heterocycles. The number of hydrogen-bond donors (Lipinski definition) is 1. The minimum Gasteiger partial charge on any atom is -0.482 e. The van der Waals surface area contributed by atoms with E-state index in [9.17, 15) is 0 Å². The minimum atomic E-state index is -0.291. The molecule has 0 aliphatic heterocycles. The van der Waals surface area contributed by atoms with E-state index in [4.69, 9.17) is 22.1 Å². The van der Waals surface area contributed by atoms with E-state index >= 15 is 0 Å². The predicted molar refractivity (Wildman–Crippen MR) is 80.4 cm³/mol. The monoisotopic (exact) mass is 340 g/mol. The van der Waals surface area contributed by atoms with Gasteiger partial charge in [0.05, 0.1) is 5.02 Å². The van der Waals surface area contributed by atoms with Gasteiger partial charge in [-0.15, -0.1) is 0 Å². The Labute approximate surface area is 125 Å². The van der Waals surface area contributed by atoms with E-state index in [0.29, 0.717) is 10.8 Å². The standard InChI is InChI=1S/C14H14BrClN2O/c1-9(17)14(10-3-2-6-18-8-10)19-13-7-11(15)4-5-12(13)16/h2-9,14H,17H2,1H3. The van der Waals surface area contributed by atoms with Crippen LogP contribution in [0.25, 0.3) is 0 Å². The molecule has 0 saturated carbocycles. The van der Waals surface area contributed by atoms with Crippen LogP contribution in [0.3, 0.4) is 0 Å². The zero-order chi connectivity index (χ0) is 13.8. The van der Waals surface area contributed by atoms with E-state index < -0.39 is 0 Å². The highest BCUT2D eigenvalue weighted by molar-refractivity contribution is 9.10. The largest absolute Gasteiger partial charge is 0.482 e. The Hall–Kier alpha value is -1.10. The van der Waals surface area contributed by atoms with E-state index in [0.717, 1.165) is 10.0 Å². The number of hydrogen-bond acceptors (Lipinski definition) is 3. The average molecular weight is 342 g/mol. The van der Waals surface area contributed by atoms with Crippen LogP contribution in [0.15, 0.2) is 47.2 Å². The number of pyridine rings is 1. The van der Waals surface area contributed by atoms with Gasteiger partial charge in [0.15, 0.2) is 0 Å². The summed E-state index contributed by atoms with van der Waals surface area (Å²) in [5, 5.41) is 0.553. The maximum absolute atomic E-state index is 6.13. The highest BCUT2D eigenvalue weighted by Gasteiger charge is 2.19. The molecular formula is C14H14BrClN2O. The summed E-state index contributed by atoms with van der Waals surface area (Å²) in [6, 6.07) is 9.08. The van der Waals surface area contributed by atoms with Gasteiger partial charge in [-0.2, -0.15) is 0 Å². The Bertz CT molecular complexity index is 548. The molecule has 2 aromatic rings. The highest BCUT2D eigenvalue weighted by Crippen LogP contribution is 2.32. The Morgan fingerprint density at radius 2 is 2.16 bits per heavy atom. The molecule has 2 atom stereocenters. The van der Waals surface area contributed by atoms with Crippen molar-refractivity contribution in [3.8, 4) is 5.75 Å². The van der Waals surface area contributed by atoms with Crippen molar-refractivity contribution < 1.29 is 4.74 Å². The van der Waals surface area contributed by atoms with Gasteiger partial charge in [-0.1, -0.05) is 33.6 Å². The number of benzene rings is 1. The van der Waals surface area contributed by atoms with Gasteiger partial charge in [0.25, 0.3) is 0 Å². The lowest BCUT2D eigenvalue weighted by molar-refractivity contribution is 0.180. The molecule has 1 heterocycles. The Balaban J connectivity index is 2.29. The van der Waals surface area contributed by atoms with Crippen molar-refractivity contribution in [3.05, 3.63) is 57.8 Å². The fraction of sp³-hybridized carbons (Fsp3) is 0.214. The minimum absolute atomic E-state index is 0.181. The average Bonchev–Trinajstić information content (AvgIpc) is 2.40. The molecule has 5 heteroatoms. The van der Waals surface area contributed by atoms with Gasteiger partial charge >= 0.3 is 0 Å². The lowest BCUT2D eigenvalue weighted by Crippen LogP contribution is -2.29. The predicted octanol–water partition coefficient (Wildman–Crippen LogP) is 3.96. The third-order valence-electron chi connectivity index (χ3n) is 2.64. The lowest BCUT2D eigenvalue weighted by atomic mass is 10.1. The lowest BCUT2D eigenvalue weighted by Gasteiger charge is -2.23.